The molecule has 20 heavy (non-hydrogen) atoms. The molecule has 0 aliphatic carbocycles. The summed E-state index contributed by atoms with van der Waals surface area (Å²) in [7, 11) is 0. The topological polar surface area (TPSA) is 41.5 Å². The van der Waals surface area contributed by atoms with E-state index in [1.807, 2.05) is 12.1 Å². The molecule has 116 valence electrons. The van der Waals surface area contributed by atoms with Gasteiger partial charge >= 0.3 is 0 Å². The van der Waals surface area contributed by atoms with Gasteiger partial charge < -0.3 is 15.2 Å². The molecule has 2 N–H and O–H groups in total. The van der Waals surface area contributed by atoms with Crippen molar-refractivity contribution >= 4 is 12.4 Å². The van der Waals surface area contributed by atoms with Crippen LogP contribution in [0, 0.1) is 0 Å². The highest BCUT2D eigenvalue weighted by atomic mass is 35.5. The molecule has 0 aliphatic heterocycles. The minimum atomic E-state index is 0. The Hall–Kier alpha value is -0.770. The van der Waals surface area contributed by atoms with Crippen LogP contribution in [-0.2, 0) is 6.54 Å². The van der Waals surface area contributed by atoms with E-state index in [1.54, 1.807) is 0 Å². The van der Waals surface area contributed by atoms with Gasteiger partial charge in [-0.2, -0.15) is 0 Å². The minimum Gasteiger partial charge on any atom is -0.491 e. The van der Waals surface area contributed by atoms with Crippen molar-refractivity contribution in [1.82, 2.24) is 5.32 Å². The normalized spacial score (nSPS) is 10.1. The predicted octanol–water partition coefficient (Wildman–Crippen LogP) is 3.54. The number of hydrogen-bond acceptors (Lipinski definition) is 3. The molecule has 1 aromatic carbocycles. The molecule has 0 unspecified atom stereocenters. The second-order valence-electron chi connectivity index (χ2n) is 4.81. The summed E-state index contributed by atoms with van der Waals surface area (Å²) in [6, 6.07) is 8.04. The van der Waals surface area contributed by atoms with E-state index in [-0.39, 0.29) is 19.0 Å². The number of nitrogens with one attached hydrogen (secondary N) is 1. The van der Waals surface area contributed by atoms with Crippen molar-refractivity contribution in [3.05, 3.63) is 29.8 Å². The van der Waals surface area contributed by atoms with Gasteiger partial charge in [0.15, 0.2) is 0 Å². The molecule has 0 spiro atoms. The second-order valence-corrected chi connectivity index (χ2v) is 4.81. The van der Waals surface area contributed by atoms with Crippen LogP contribution in [0.25, 0.3) is 0 Å². The van der Waals surface area contributed by atoms with Gasteiger partial charge in [0.25, 0.3) is 0 Å². The molecular formula is C16H28ClNO2. The monoisotopic (exact) mass is 301 g/mol. The van der Waals surface area contributed by atoms with Crippen LogP contribution in [0.5, 0.6) is 5.75 Å². The van der Waals surface area contributed by atoms with Crippen LogP contribution in [0.4, 0.5) is 0 Å². The molecule has 0 aromatic heterocycles. The summed E-state index contributed by atoms with van der Waals surface area (Å²) < 4.78 is 5.32. The summed E-state index contributed by atoms with van der Waals surface area (Å²) in [4.78, 5) is 0. The molecule has 1 rings (SSSR count). The zero-order valence-corrected chi connectivity index (χ0v) is 13.3. The fourth-order valence-electron chi connectivity index (χ4n) is 1.95. The number of aliphatic hydroxyl groups excluding tert-OH is 1. The van der Waals surface area contributed by atoms with Gasteiger partial charge in [-0.15, -0.1) is 12.4 Å². The standard InChI is InChI=1S/C16H27NO2.ClH/c1-2-3-4-5-6-11-17-14-15-7-9-16(10-8-15)19-13-12-18;/h7-10,17-18H,2-6,11-14H2,1H3;1H. The van der Waals surface area contributed by atoms with Crippen LogP contribution in [0.15, 0.2) is 24.3 Å². The van der Waals surface area contributed by atoms with E-state index in [1.165, 1.54) is 37.7 Å². The fourth-order valence-corrected chi connectivity index (χ4v) is 1.95. The molecule has 0 heterocycles. The Kier molecular flexibility index (Phi) is 12.7. The summed E-state index contributed by atoms with van der Waals surface area (Å²) in [5.41, 5.74) is 1.27. The Morgan fingerprint density at radius 3 is 2.40 bits per heavy atom. The zero-order chi connectivity index (χ0) is 13.8. The fraction of sp³-hybridized carbons (Fsp3) is 0.625. The molecule has 0 radical (unpaired) electrons. The van der Waals surface area contributed by atoms with Gasteiger partial charge in [-0.05, 0) is 30.7 Å². The molecule has 0 saturated heterocycles. The number of benzene rings is 1. The van der Waals surface area contributed by atoms with Crippen LogP contribution in [0.3, 0.4) is 0 Å². The van der Waals surface area contributed by atoms with E-state index in [0.29, 0.717) is 6.61 Å². The molecule has 1 aromatic rings. The molecular weight excluding hydrogens is 274 g/mol. The first kappa shape index (κ1) is 19.2. The Labute approximate surface area is 129 Å². The maximum atomic E-state index is 8.67. The van der Waals surface area contributed by atoms with E-state index < -0.39 is 0 Å². The minimum absolute atomic E-state index is 0. The van der Waals surface area contributed by atoms with Crippen LogP contribution >= 0.6 is 12.4 Å². The predicted molar refractivity (Wildman–Crippen MR) is 86.7 cm³/mol. The smallest absolute Gasteiger partial charge is 0.119 e. The first-order valence-corrected chi connectivity index (χ1v) is 7.40. The number of ether oxygens (including phenoxy) is 1. The molecule has 3 nitrogen and oxygen atoms in total. The highest BCUT2D eigenvalue weighted by molar-refractivity contribution is 5.85. The van der Waals surface area contributed by atoms with Gasteiger partial charge in [0.1, 0.15) is 12.4 Å². The van der Waals surface area contributed by atoms with E-state index in [9.17, 15) is 0 Å². The maximum Gasteiger partial charge on any atom is 0.119 e. The van der Waals surface area contributed by atoms with Crippen LogP contribution < -0.4 is 10.1 Å². The van der Waals surface area contributed by atoms with E-state index in [2.05, 4.69) is 24.4 Å². The molecule has 4 heteroatoms. The first-order chi connectivity index (χ1) is 9.36. The van der Waals surface area contributed by atoms with E-state index in [0.717, 1.165) is 18.8 Å². The average Bonchev–Trinajstić information content (AvgIpc) is 2.45. The largest absolute Gasteiger partial charge is 0.491 e. The van der Waals surface area contributed by atoms with Gasteiger partial charge in [-0.25, -0.2) is 0 Å². The third-order valence-electron chi connectivity index (χ3n) is 3.07. The van der Waals surface area contributed by atoms with E-state index in [4.69, 9.17) is 9.84 Å². The maximum absolute atomic E-state index is 8.67. The average molecular weight is 302 g/mol. The van der Waals surface area contributed by atoms with Gasteiger partial charge in [0.05, 0.1) is 6.61 Å². The third kappa shape index (κ3) is 9.18. The SMILES string of the molecule is CCCCCCCNCc1ccc(OCCO)cc1.Cl. The van der Waals surface area contributed by atoms with Crippen molar-refractivity contribution in [2.75, 3.05) is 19.8 Å². The lowest BCUT2D eigenvalue weighted by atomic mass is 10.1. The summed E-state index contributed by atoms with van der Waals surface area (Å²) in [5.74, 6) is 0.817. The van der Waals surface area contributed by atoms with Crippen molar-refractivity contribution in [3.63, 3.8) is 0 Å². The Balaban J connectivity index is 0.00000361. The van der Waals surface area contributed by atoms with Gasteiger partial charge in [-0.1, -0.05) is 44.7 Å². The number of rotatable bonds is 11. The molecule has 0 atom stereocenters. The van der Waals surface area contributed by atoms with Crippen molar-refractivity contribution in [1.29, 1.82) is 0 Å². The molecule has 0 saturated carbocycles. The second kappa shape index (κ2) is 13.2. The van der Waals surface area contributed by atoms with Gasteiger partial charge in [0.2, 0.25) is 0 Å². The van der Waals surface area contributed by atoms with Gasteiger partial charge in [-0.3, -0.25) is 0 Å². The summed E-state index contributed by atoms with van der Waals surface area (Å²) in [5, 5.41) is 12.1. The summed E-state index contributed by atoms with van der Waals surface area (Å²) >= 11 is 0. The Morgan fingerprint density at radius 2 is 1.75 bits per heavy atom. The summed E-state index contributed by atoms with van der Waals surface area (Å²) in [6.45, 7) is 4.66. The number of halogens is 1. The number of unbranched alkanes of at least 4 members (excludes halogenated alkanes) is 4. The molecule has 0 bridgehead atoms. The van der Waals surface area contributed by atoms with E-state index >= 15 is 0 Å². The highest BCUT2D eigenvalue weighted by Crippen LogP contribution is 2.11. The molecule has 0 fully saturated rings. The number of aliphatic hydroxyl groups is 1. The van der Waals surface area contributed by atoms with Crippen molar-refractivity contribution in [2.24, 2.45) is 0 Å². The molecule has 0 aliphatic rings. The lowest BCUT2D eigenvalue weighted by molar-refractivity contribution is 0.201. The van der Waals surface area contributed by atoms with Crippen molar-refractivity contribution < 1.29 is 9.84 Å². The highest BCUT2D eigenvalue weighted by Gasteiger charge is 1.95. The van der Waals surface area contributed by atoms with Gasteiger partial charge in [0, 0.05) is 6.54 Å². The lowest BCUT2D eigenvalue weighted by Gasteiger charge is -2.07. The first-order valence-electron chi connectivity index (χ1n) is 7.40. The van der Waals surface area contributed by atoms with Crippen molar-refractivity contribution in [3.8, 4) is 5.75 Å². The quantitative estimate of drug-likeness (QED) is 0.614. The Bertz CT molecular complexity index is 317. The third-order valence-corrected chi connectivity index (χ3v) is 3.07. The van der Waals surface area contributed by atoms with Crippen LogP contribution in [-0.4, -0.2) is 24.9 Å². The van der Waals surface area contributed by atoms with Crippen LogP contribution in [0.1, 0.15) is 44.6 Å². The van der Waals surface area contributed by atoms with Crippen LogP contribution in [0.2, 0.25) is 0 Å². The molecule has 0 amide bonds. The zero-order valence-electron chi connectivity index (χ0n) is 12.4. The number of hydrogen-bond donors (Lipinski definition) is 2. The van der Waals surface area contributed by atoms with Crippen molar-refractivity contribution in [2.45, 2.75) is 45.6 Å². The Morgan fingerprint density at radius 1 is 1.05 bits per heavy atom. The summed E-state index contributed by atoms with van der Waals surface area (Å²) in [6.07, 6.45) is 6.61. The lowest BCUT2D eigenvalue weighted by Crippen LogP contribution is -2.14.